The van der Waals surface area contributed by atoms with Crippen LogP contribution in [0.5, 0.6) is 0 Å². The van der Waals surface area contributed by atoms with Gasteiger partial charge in [-0.3, -0.25) is 18.9 Å². The summed E-state index contributed by atoms with van der Waals surface area (Å²) in [6.45, 7) is 2.25. The van der Waals surface area contributed by atoms with E-state index in [2.05, 4.69) is 13.1 Å². The molecule has 0 aromatic carbocycles. The van der Waals surface area contributed by atoms with Crippen molar-refractivity contribution in [2.75, 3.05) is 0 Å². The average molecular weight is 571 g/mol. The third-order valence-corrected chi connectivity index (χ3v) is 8.27. The highest BCUT2D eigenvalue weighted by molar-refractivity contribution is 7.66. The quantitative estimate of drug-likeness (QED) is 0.142. The first-order chi connectivity index (χ1) is 15.3. The molecule has 1 aliphatic heterocycles. The van der Waals surface area contributed by atoms with Gasteiger partial charge in [-0.2, -0.15) is 8.62 Å². The van der Waals surface area contributed by atoms with E-state index < -0.39 is 64.9 Å². The Morgan fingerprint density at radius 1 is 1.21 bits per heavy atom. The Kier molecular flexibility index (Phi) is 8.59. The van der Waals surface area contributed by atoms with E-state index in [4.69, 9.17) is 26.1 Å². The van der Waals surface area contributed by atoms with Crippen LogP contribution in [0.2, 0.25) is 0 Å². The number of nitrogens with one attached hydrogen (secondary N) is 1. The van der Waals surface area contributed by atoms with Crippen LogP contribution in [0.25, 0.3) is 0 Å². The van der Waals surface area contributed by atoms with Gasteiger partial charge in [-0.25, -0.2) is 18.5 Å². The predicted molar refractivity (Wildman–Crippen MR) is 109 cm³/mol. The Hall–Kier alpha value is -1.18. The van der Waals surface area contributed by atoms with Gasteiger partial charge < -0.3 is 34.5 Å². The molecule has 4 unspecified atom stereocenters. The number of nitrogens with zero attached hydrogens (tertiary/aromatic N) is 1. The molecule has 1 aromatic heterocycles. The molecular weight excluding hydrogens is 553 g/mol. The van der Waals surface area contributed by atoms with Crippen molar-refractivity contribution in [3.8, 4) is 11.3 Å². The highest BCUT2D eigenvalue weighted by atomic mass is 35.5. The molecule has 1 aliphatic rings. The molecular formula is C13H18ClN2O15P3. The number of H-pyrrole nitrogens is 1. The lowest BCUT2D eigenvalue weighted by molar-refractivity contribution is -0.0877. The van der Waals surface area contributed by atoms with Crippen LogP contribution in [0.4, 0.5) is 0 Å². The fourth-order valence-electron chi connectivity index (χ4n) is 3.04. The van der Waals surface area contributed by atoms with Crippen LogP contribution in [0.1, 0.15) is 18.8 Å². The molecule has 0 radical (unpaired) electrons. The number of aromatic amines is 1. The molecule has 1 fully saturated rings. The lowest BCUT2D eigenvalue weighted by atomic mass is 9.93. The Morgan fingerprint density at radius 2 is 1.79 bits per heavy atom. The number of aliphatic hydroxyl groups excluding tert-OH is 1. The summed E-state index contributed by atoms with van der Waals surface area (Å²) >= 11 is 5.35. The van der Waals surface area contributed by atoms with E-state index in [9.17, 15) is 43.3 Å². The van der Waals surface area contributed by atoms with Crippen molar-refractivity contribution in [1.29, 1.82) is 0 Å². The minimum atomic E-state index is -5.83. The van der Waals surface area contributed by atoms with Crippen molar-refractivity contribution < 1.29 is 61.4 Å². The zero-order chi connectivity index (χ0) is 26.3. The molecule has 0 bridgehead atoms. The van der Waals surface area contributed by atoms with Gasteiger partial charge in [0.2, 0.25) is 5.60 Å². The fraction of sp³-hybridized carbons (Fsp3) is 0.538. The summed E-state index contributed by atoms with van der Waals surface area (Å²) in [4.78, 5) is 61.7. The standard InChI is InChI=1S/C13H18ClN2O15P3/c1-6-5-8(17)15-12(19)16(6)11-13(20,3-4-14)10(18)9(28-11)7(2)29-33(24,25)31-34(26,27)30-32(21,22)23/h5,7,9-11,18,20H,1-2H3,(H,24,25)(H,26,27)(H,15,17,19)(H2,21,22,23)/t7-,9?,10?,11+,13+/m0/s1. The van der Waals surface area contributed by atoms with Gasteiger partial charge in [0.15, 0.2) is 6.23 Å². The minimum Gasteiger partial charge on any atom is -0.386 e. The lowest BCUT2D eigenvalue weighted by Gasteiger charge is -2.27. The highest BCUT2D eigenvalue weighted by Crippen LogP contribution is 2.66. The van der Waals surface area contributed by atoms with Gasteiger partial charge in [0.05, 0.1) is 6.10 Å². The van der Waals surface area contributed by atoms with Gasteiger partial charge in [0.1, 0.15) is 12.2 Å². The fourth-order valence-corrected chi connectivity index (χ4v) is 6.39. The van der Waals surface area contributed by atoms with Gasteiger partial charge >= 0.3 is 29.2 Å². The van der Waals surface area contributed by atoms with E-state index in [1.54, 1.807) is 5.38 Å². The zero-order valence-corrected chi connectivity index (χ0v) is 20.4. The lowest BCUT2D eigenvalue weighted by Crippen LogP contribution is -2.49. The molecule has 1 saturated heterocycles. The molecule has 1 aromatic rings. The Bertz CT molecular complexity index is 1260. The van der Waals surface area contributed by atoms with Gasteiger partial charge in [-0.1, -0.05) is 0 Å². The number of phosphoric ester groups is 1. The second-order valence-corrected chi connectivity index (χ2v) is 11.4. The largest absolute Gasteiger partial charge is 0.490 e. The van der Waals surface area contributed by atoms with Gasteiger partial charge in [0.25, 0.3) is 5.56 Å². The molecule has 21 heteroatoms. The topological polar surface area (TPSA) is 264 Å². The predicted octanol–water partition coefficient (Wildman–Crippen LogP) is -1.23. The van der Waals surface area contributed by atoms with E-state index in [0.29, 0.717) is 4.57 Å². The third kappa shape index (κ3) is 6.73. The number of ether oxygens (including phenoxy) is 1. The van der Waals surface area contributed by atoms with Crippen LogP contribution >= 0.6 is 35.1 Å². The number of halogens is 1. The average Bonchev–Trinajstić information content (AvgIpc) is 2.83. The number of phosphoric acid groups is 3. The number of hydrogen-bond donors (Lipinski definition) is 7. The maximum Gasteiger partial charge on any atom is 0.490 e. The van der Waals surface area contributed by atoms with Crippen molar-refractivity contribution in [3.05, 3.63) is 32.6 Å². The normalized spacial score (nSPS) is 29.5. The van der Waals surface area contributed by atoms with Crippen LogP contribution < -0.4 is 11.2 Å². The van der Waals surface area contributed by atoms with E-state index in [0.717, 1.165) is 13.0 Å². The van der Waals surface area contributed by atoms with E-state index in [1.807, 2.05) is 10.9 Å². The highest BCUT2D eigenvalue weighted by Gasteiger charge is 2.59. The molecule has 34 heavy (non-hydrogen) atoms. The third-order valence-electron chi connectivity index (χ3n) is 4.25. The Balaban J connectivity index is 2.37. The number of aromatic nitrogens is 2. The van der Waals surface area contributed by atoms with Gasteiger partial charge in [-0.05, 0) is 31.4 Å². The van der Waals surface area contributed by atoms with Crippen LogP contribution in [0, 0.1) is 18.2 Å². The monoisotopic (exact) mass is 570 g/mol. The van der Waals surface area contributed by atoms with Crippen molar-refractivity contribution in [2.24, 2.45) is 0 Å². The Labute approximate surface area is 194 Å². The summed E-state index contributed by atoms with van der Waals surface area (Å²) in [5.74, 6) is 2.03. The molecule has 0 saturated carbocycles. The first-order valence-electron chi connectivity index (χ1n) is 8.65. The van der Waals surface area contributed by atoms with Crippen LogP contribution in [0.15, 0.2) is 15.7 Å². The number of aryl methyl sites for hydroxylation is 1. The minimum absolute atomic E-state index is 0.0538. The second-order valence-electron chi connectivity index (χ2n) is 6.79. The molecule has 0 aliphatic carbocycles. The first-order valence-corrected chi connectivity index (χ1v) is 13.6. The molecule has 0 amide bonds. The summed E-state index contributed by atoms with van der Waals surface area (Å²) < 4.78 is 52.1. The van der Waals surface area contributed by atoms with Crippen molar-refractivity contribution in [1.82, 2.24) is 9.55 Å². The summed E-state index contributed by atoms with van der Waals surface area (Å²) in [6.07, 6.45) is -7.54. The summed E-state index contributed by atoms with van der Waals surface area (Å²) in [6, 6.07) is 0.953. The summed E-state index contributed by atoms with van der Waals surface area (Å²) in [5, 5.41) is 23.3. The van der Waals surface area contributed by atoms with Crippen molar-refractivity contribution in [3.63, 3.8) is 0 Å². The maximum atomic E-state index is 12.3. The Morgan fingerprint density at radius 3 is 2.29 bits per heavy atom. The van der Waals surface area contributed by atoms with E-state index >= 15 is 0 Å². The van der Waals surface area contributed by atoms with Gasteiger partial charge in [0, 0.05) is 17.1 Å². The second kappa shape index (κ2) is 10.1. The number of hydrogen-bond acceptors (Lipinski definition) is 11. The van der Waals surface area contributed by atoms with Gasteiger partial charge in [-0.15, -0.1) is 0 Å². The smallest absolute Gasteiger partial charge is 0.386 e. The molecule has 2 rings (SSSR count). The molecule has 192 valence electrons. The van der Waals surface area contributed by atoms with E-state index in [-0.39, 0.29) is 5.69 Å². The number of aliphatic hydroxyl groups is 2. The summed E-state index contributed by atoms with van der Waals surface area (Å²) in [5.41, 5.74) is -4.57. The molecule has 17 nitrogen and oxygen atoms in total. The molecule has 2 heterocycles. The van der Waals surface area contributed by atoms with Crippen LogP contribution in [0.3, 0.4) is 0 Å². The first kappa shape index (κ1) is 29.1. The van der Waals surface area contributed by atoms with Crippen LogP contribution in [-0.4, -0.2) is 63.3 Å². The molecule has 7 N–H and O–H groups in total. The molecule has 0 spiro atoms. The zero-order valence-electron chi connectivity index (χ0n) is 16.9. The number of rotatable bonds is 8. The maximum absolute atomic E-state index is 12.3. The van der Waals surface area contributed by atoms with Crippen molar-refractivity contribution in [2.45, 2.75) is 44.0 Å². The molecule has 7 atom stereocenters. The SMILES string of the molecule is Cc1cc(=O)[nH]c(=O)n1[C@@H]1OC([C@H](C)OP(=O)(O)OP(=O)(O)OP(=O)(O)O)C(O)[C@]1(O)C#CCl. The van der Waals surface area contributed by atoms with E-state index in [1.165, 1.54) is 6.92 Å². The summed E-state index contributed by atoms with van der Waals surface area (Å²) in [7, 11) is -17.1. The van der Waals surface area contributed by atoms with Crippen LogP contribution in [-0.2, 0) is 31.6 Å². The van der Waals surface area contributed by atoms with Crippen molar-refractivity contribution >= 4 is 35.1 Å².